The van der Waals surface area contributed by atoms with E-state index in [0.717, 1.165) is 0 Å². The van der Waals surface area contributed by atoms with E-state index in [2.05, 4.69) is 10.6 Å². The fraction of sp³-hybridized carbons (Fsp3) is 0.778. The maximum atomic E-state index is 11.7. The van der Waals surface area contributed by atoms with Crippen molar-refractivity contribution in [2.75, 3.05) is 13.1 Å². The monoisotopic (exact) mass is 256 g/mol. The van der Waals surface area contributed by atoms with Crippen molar-refractivity contribution in [1.82, 2.24) is 10.6 Å². The van der Waals surface area contributed by atoms with E-state index in [1.807, 2.05) is 0 Å². The summed E-state index contributed by atoms with van der Waals surface area (Å²) < 4.78 is 35.2. The second-order valence-electron chi connectivity index (χ2n) is 3.59. The number of carbonyl (C=O) groups excluding carboxylic acids is 1. The lowest BCUT2D eigenvalue weighted by molar-refractivity contribution is -0.141. The molecule has 0 saturated carbocycles. The molecule has 5 nitrogen and oxygen atoms in total. The molecule has 0 aromatic rings. The lowest BCUT2D eigenvalue weighted by Gasteiger charge is -2.10. The van der Waals surface area contributed by atoms with E-state index in [-0.39, 0.29) is 19.5 Å². The Morgan fingerprint density at radius 1 is 1.29 bits per heavy atom. The van der Waals surface area contributed by atoms with Crippen LogP contribution in [0, 0.1) is 5.92 Å². The Morgan fingerprint density at radius 2 is 1.88 bits per heavy atom. The van der Waals surface area contributed by atoms with Crippen molar-refractivity contribution in [3.05, 3.63) is 0 Å². The quantitative estimate of drug-likeness (QED) is 0.628. The zero-order valence-electron chi connectivity index (χ0n) is 9.30. The smallest absolute Gasteiger partial charge is 0.389 e. The average Bonchev–Trinajstić information content (AvgIpc) is 2.19. The molecule has 0 spiro atoms. The van der Waals surface area contributed by atoms with Crippen molar-refractivity contribution < 1.29 is 27.9 Å². The summed E-state index contributed by atoms with van der Waals surface area (Å²) in [4.78, 5) is 21.4. The Hall–Kier alpha value is -1.47. The van der Waals surface area contributed by atoms with Gasteiger partial charge in [0, 0.05) is 19.5 Å². The molecule has 8 heteroatoms. The molecular weight excluding hydrogens is 241 g/mol. The van der Waals surface area contributed by atoms with Gasteiger partial charge >= 0.3 is 18.2 Å². The van der Waals surface area contributed by atoms with Gasteiger partial charge < -0.3 is 15.7 Å². The van der Waals surface area contributed by atoms with Crippen LogP contribution in [0.3, 0.4) is 0 Å². The summed E-state index contributed by atoms with van der Waals surface area (Å²) in [6.45, 7) is 1.24. The van der Waals surface area contributed by atoms with E-state index in [1.165, 1.54) is 6.92 Å². The van der Waals surface area contributed by atoms with Crippen LogP contribution in [-0.4, -0.2) is 36.4 Å². The Morgan fingerprint density at radius 3 is 2.35 bits per heavy atom. The number of alkyl halides is 3. The molecule has 2 amide bonds. The summed E-state index contributed by atoms with van der Waals surface area (Å²) in [5.41, 5.74) is 0. The highest BCUT2D eigenvalue weighted by Crippen LogP contribution is 2.20. The number of amides is 2. The minimum atomic E-state index is -4.23. The van der Waals surface area contributed by atoms with E-state index in [0.29, 0.717) is 0 Å². The molecule has 0 aliphatic heterocycles. The normalized spacial score (nSPS) is 12.9. The predicted octanol–water partition coefficient (Wildman–Crippen LogP) is 1.35. The second-order valence-corrected chi connectivity index (χ2v) is 3.59. The number of aliphatic carboxylic acids is 1. The van der Waals surface area contributed by atoms with Gasteiger partial charge in [-0.25, -0.2) is 4.79 Å². The van der Waals surface area contributed by atoms with Crippen molar-refractivity contribution in [3.63, 3.8) is 0 Å². The van der Waals surface area contributed by atoms with Gasteiger partial charge in [0.05, 0.1) is 5.92 Å². The van der Waals surface area contributed by atoms with E-state index < -0.39 is 30.5 Å². The molecule has 1 unspecified atom stereocenters. The lowest BCUT2D eigenvalue weighted by Crippen LogP contribution is -2.39. The highest BCUT2D eigenvalue weighted by atomic mass is 19.4. The van der Waals surface area contributed by atoms with Gasteiger partial charge in [-0.2, -0.15) is 13.2 Å². The van der Waals surface area contributed by atoms with E-state index in [9.17, 15) is 22.8 Å². The Kier molecular flexibility index (Phi) is 6.37. The molecule has 0 aromatic carbocycles. The number of carbonyl (C=O) groups is 2. The van der Waals surface area contributed by atoms with Gasteiger partial charge in [0.15, 0.2) is 0 Å². The summed E-state index contributed by atoms with van der Waals surface area (Å²) in [5, 5.41) is 13.0. The maximum absolute atomic E-state index is 11.7. The Bertz CT molecular complexity index is 269. The second kappa shape index (κ2) is 6.97. The van der Waals surface area contributed by atoms with E-state index >= 15 is 0 Å². The van der Waals surface area contributed by atoms with Crippen LogP contribution in [0.15, 0.2) is 0 Å². The van der Waals surface area contributed by atoms with E-state index in [1.54, 1.807) is 0 Å². The zero-order valence-corrected chi connectivity index (χ0v) is 9.30. The predicted molar refractivity (Wildman–Crippen MR) is 53.5 cm³/mol. The van der Waals surface area contributed by atoms with E-state index in [4.69, 9.17) is 5.11 Å². The minimum absolute atomic E-state index is 0.0690. The van der Waals surface area contributed by atoms with Crippen LogP contribution in [0.25, 0.3) is 0 Å². The van der Waals surface area contributed by atoms with Crippen LogP contribution in [0.5, 0.6) is 0 Å². The third-order valence-electron chi connectivity index (χ3n) is 1.91. The number of hydrogen-bond donors (Lipinski definition) is 3. The minimum Gasteiger partial charge on any atom is -0.481 e. The Labute approximate surface area is 96.4 Å². The molecule has 100 valence electrons. The van der Waals surface area contributed by atoms with Gasteiger partial charge in [-0.05, 0) is 6.42 Å². The first kappa shape index (κ1) is 15.5. The molecule has 0 heterocycles. The first-order valence-corrected chi connectivity index (χ1v) is 5.03. The van der Waals surface area contributed by atoms with Crippen LogP contribution < -0.4 is 10.6 Å². The highest BCUT2D eigenvalue weighted by Gasteiger charge is 2.25. The first-order chi connectivity index (χ1) is 7.72. The molecule has 0 aliphatic rings. The molecule has 3 N–H and O–H groups in total. The number of carboxylic acids is 1. The topological polar surface area (TPSA) is 78.4 Å². The zero-order chi connectivity index (χ0) is 13.5. The summed E-state index contributed by atoms with van der Waals surface area (Å²) in [5.74, 6) is -1.79. The number of hydrogen-bond acceptors (Lipinski definition) is 2. The number of halogens is 3. The molecule has 0 saturated heterocycles. The number of urea groups is 1. The van der Waals surface area contributed by atoms with Crippen LogP contribution in [0.2, 0.25) is 0 Å². The molecule has 0 aromatic heterocycles. The molecule has 0 rings (SSSR count). The fourth-order valence-electron chi connectivity index (χ4n) is 0.886. The summed E-state index contributed by atoms with van der Waals surface area (Å²) in [6, 6.07) is -0.666. The van der Waals surface area contributed by atoms with Gasteiger partial charge in [-0.3, -0.25) is 4.79 Å². The number of carboxylic acid groups (broad SMARTS) is 1. The van der Waals surface area contributed by atoms with Crippen LogP contribution in [-0.2, 0) is 4.79 Å². The first-order valence-electron chi connectivity index (χ1n) is 5.03. The average molecular weight is 256 g/mol. The number of rotatable bonds is 6. The maximum Gasteiger partial charge on any atom is 0.389 e. The molecule has 0 fully saturated rings. The molecule has 17 heavy (non-hydrogen) atoms. The molecule has 0 radical (unpaired) electrons. The van der Waals surface area contributed by atoms with Gasteiger partial charge in [-0.1, -0.05) is 6.92 Å². The lowest BCUT2D eigenvalue weighted by atomic mass is 10.2. The van der Waals surface area contributed by atoms with Crippen LogP contribution >= 0.6 is 0 Å². The SMILES string of the molecule is CC(CNC(=O)NCCCC(F)(F)F)C(=O)O. The van der Waals surface area contributed by atoms with Crippen molar-refractivity contribution >= 4 is 12.0 Å². The van der Waals surface area contributed by atoms with Gasteiger partial charge in [0.1, 0.15) is 0 Å². The molecule has 0 bridgehead atoms. The number of nitrogens with one attached hydrogen (secondary N) is 2. The van der Waals surface area contributed by atoms with Gasteiger partial charge in [-0.15, -0.1) is 0 Å². The summed E-state index contributed by atoms with van der Waals surface area (Å²) >= 11 is 0. The van der Waals surface area contributed by atoms with Crippen LogP contribution in [0.4, 0.5) is 18.0 Å². The van der Waals surface area contributed by atoms with Gasteiger partial charge in [0.2, 0.25) is 0 Å². The highest BCUT2D eigenvalue weighted by molar-refractivity contribution is 5.75. The third-order valence-corrected chi connectivity index (χ3v) is 1.91. The van der Waals surface area contributed by atoms with Crippen molar-refractivity contribution in [3.8, 4) is 0 Å². The summed E-state index contributed by atoms with van der Waals surface area (Å²) in [7, 11) is 0. The van der Waals surface area contributed by atoms with Crippen LogP contribution in [0.1, 0.15) is 19.8 Å². The standard InChI is InChI=1S/C9H15F3N2O3/c1-6(7(15)16)5-14-8(17)13-4-2-3-9(10,11)12/h6H,2-5H2,1H3,(H,15,16)(H2,13,14,17). The van der Waals surface area contributed by atoms with Crippen molar-refractivity contribution in [2.45, 2.75) is 25.9 Å². The Balaban J connectivity index is 3.57. The molecular formula is C9H15F3N2O3. The third kappa shape index (κ3) is 9.46. The van der Waals surface area contributed by atoms with Crippen molar-refractivity contribution in [2.24, 2.45) is 5.92 Å². The van der Waals surface area contributed by atoms with Gasteiger partial charge in [0.25, 0.3) is 0 Å². The van der Waals surface area contributed by atoms with Crippen molar-refractivity contribution in [1.29, 1.82) is 0 Å². The summed E-state index contributed by atoms with van der Waals surface area (Å²) in [6.07, 6.45) is -5.39. The largest absolute Gasteiger partial charge is 0.481 e. The molecule has 1 atom stereocenters. The fourth-order valence-corrected chi connectivity index (χ4v) is 0.886. The molecule has 0 aliphatic carbocycles.